The van der Waals surface area contributed by atoms with Crippen molar-refractivity contribution in [2.24, 2.45) is 23.7 Å². The highest BCUT2D eigenvalue weighted by Crippen LogP contribution is 2.54. The van der Waals surface area contributed by atoms with Crippen LogP contribution in [0.25, 0.3) is 11.0 Å². The molecule has 5 atom stereocenters. The quantitative estimate of drug-likeness (QED) is 0.403. The molecule has 1 aliphatic heterocycles. The van der Waals surface area contributed by atoms with Crippen molar-refractivity contribution in [3.63, 3.8) is 0 Å². The molecule has 3 aliphatic rings. The number of imide groups is 1. The average Bonchev–Trinajstić information content (AvgIpc) is 3.52. The molecule has 7 nitrogen and oxygen atoms in total. The fourth-order valence-electron chi connectivity index (χ4n) is 5.70. The second kappa shape index (κ2) is 8.13. The van der Waals surface area contributed by atoms with Crippen molar-refractivity contribution in [2.75, 3.05) is 5.32 Å². The Hall–Kier alpha value is -3.39. The first-order valence-electron chi connectivity index (χ1n) is 11.3. The number of benzene rings is 2. The predicted octanol–water partition coefficient (Wildman–Crippen LogP) is 4.27. The summed E-state index contributed by atoms with van der Waals surface area (Å²) in [7, 11) is 0. The molecule has 2 fully saturated rings. The smallest absolute Gasteiger partial charge is 0.234 e. The van der Waals surface area contributed by atoms with Gasteiger partial charge in [0.05, 0.1) is 35.3 Å². The van der Waals surface area contributed by atoms with Crippen molar-refractivity contribution in [3.05, 3.63) is 77.0 Å². The molecule has 2 heterocycles. The molecule has 2 aliphatic carbocycles. The van der Waals surface area contributed by atoms with Crippen LogP contribution in [0.3, 0.4) is 0 Å². The molecule has 34 heavy (non-hydrogen) atoms. The number of likely N-dealkylation sites (tertiary alicyclic amines) is 1. The largest absolute Gasteiger partial charge is 0.326 e. The predicted molar refractivity (Wildman–Crippen MR) is 129 cm³/mol. The van der Waals surface area contributed by atoms with E-state index in [9.17, 15) is 14.4 Å². The molecule has 1 aromatic heterocycles. The summed E-state index contributed by atoms with van der Waals surface area (Å²) in [6.07, 6.45) is 8.20. The maximum atomic E-state index is 13.5. The van der Waals surface area contributed by atoms with E-state index in [0.717, 1.165) is 22.0 Å². The Morgan fingerprint density at radius 3 is 2.29 bits per heavy atom. The lowest BCUT2D eigenvalue weighted by Gasteiger charge is -2.28. The Labute approximate surface area is 204 Å². The van der Waals surface area contributed by atoms with Crippen LogP contribution in [0, 0.1) is 23.7 Å². The second-order valence-corrected chi connectivity index (χ2v) is 10.0. The number of carbonyl (C=O) groups excluding carboxylic acids is 3. The number of anilines is 1. The SMILES string of the molecule is O=C(CC(c1ccc(Br)cc1)N1C(=O)C2C3C=CC(C3)C2C1=O)Nc1ccc2nccnc2c1. The van der Waals surface area contributed by atoms with Crippen molar-refractivity contribution in [1.29, 1.82) is 0 Å². The molecule has 0 radical (unpaired) electrons. The number of hydrogen-bond acceptors (Lipinski definition) is 5. The molecule has 8 heteroatoms. The summed E-state index contributed by atoms with van der Waals surface area (Å²) in [6, 6.07) is 12.1. The standard InChI is InChI=1S/C26H21BrN4O3/c27-17-5-3-14(4-6-17)21(31-25(33)23-15-1-2-16(11-15)24(23)26(31)34)13-22(32)30-18-7-8-19-20(12-18)29-10-9-28-19/h1-10,12,15-16,21,23-24H,11,13H2,(H,30,32). The molecular weight excluding hydrogens is 496 g/mol. The topological polar surface area (TPSA) is 92.3 Å². The van der Waals surface area contributed by atoms with Gasteiger partial charge < -0.3 is 5.32 Å². The Kier molecular flexibility index (Phi) is 5.06. The molecular formula is C26H21BrN4O3. The Morgan fingerprint density at radius 2 is 1.62 bits per heavy atom. The van der Waals surface area contributed by atoms with Gasteiger partial charge in [0.2, 0.25) is 17.7 Å². The van der Waals surface area contributed by atoms with Gasteiger partial charge in [-0.05, 0) is 54.2 Å². The lowest BCUT2D eigenvalue weighted by Crippen LogP contribution is -2.38. The van der Waals surface area contributed by atoms with Crippen molar-refractivity contribution < 1.29 is 14.4 Å². The van der Waals surface area contributed by atoms with Crippen molar-refractivity contribution in [1.82, 2.24) is 14.9 Å². The molecule has 1 N–H and O–H groups in total. The average molecular weight is 517 g/mol. The van der Waals surface area contributed by atoms with Crippen LogP contribution in [0.15, 0.2) is 71.5 Å². The van der Waals surface area contributed by atoms with Gasteiger partial charge in [-0.15, -0.1) is 0 Å². The Balaban J connectivity index is 1.29. The summed E-state index contributed by atoms with van der Waals surface area (Å²) in [5, 5.41) is 2.90. The minimum Gasteiger partial charge on any atom is -0.326 e. The molecule has 170 valence electrons. The summed E-state index contributed by atoms with van der Waals surface area (Å²) in [5.41, 5.74) is 2.75. The highest BCUT2D eigenvalue weighted by Gasteiger charge is 2.60. The van der Waals surface area contributed by atoms with Gasteiger partial charge in [0.15, 0.2) is 0 Å². The van der Waals surface area contributed by atoms with Gasteiger partial charge in [0.25, 0.3) is 0 Å². The fourth-order valence-corrected chi connectivity index (χ4v) is 5.97. The zero-order valence-electron chi connectivity index (χ0n) is 18.1. The van der Waals surface area contributed by atoms with Gasteiger partial charge in [-0.1, -0.05) is 40.2 Å². The monoisotopic (exact) mass is 516 g/mol. The maximum absolute atomic E-state index is 13.5. The van der Waals surface area contributed by atoms with Crippen LogP contribution in [0.4, 0.5) is 5.69 Å². The molecule has 1 saturated carbocycles. The third kappa shape index (κ3) is 3.44. The third-order valence-electron chi connectivity index (χ3n) is 7.20. The highest BCUT2D eigenvalue weighted by molar-refractivity contribution is 9.10. The molecule has 6 rings (SSSR count). The maximum Gasteiger partial charge on any atom is 0.234 e. The Bertz CT molecular complexity index is 1330. The van der Waals surface area contributed by atoms with Crippen LogP contribution < -0.4 is 5.32 Å². The lowest BCUT2D eigenvalue weighted by atomic mass is 9.85. The first-order chi connectivity index (χ1) is 16.5. The van der Waals surface area contributed by atoms with Crippen molar-refractivity contribution >= 4 is 50.4 Å². The van der Waals surface area contributed by atoms with E-state index in [0.29, 0.717) is 11.2 Å². The Morgan fingerprint density at radius 1 is 0.971 bits per heavy atom. The van der Waals surface area contributed by atoms with Crippen LogP contribution in [-0.4, -0.2) is 32.6 Å². The summed E-state index contributed by atoms with van der Waals surface area (Å²) in [6.45, 7) is 0. The van der Waals surface area contributed by atoms with E-state index in [2.05, 4.69) is 43.4 Å². The van der Waals surface area contributed by atoms with E-state index in [4.69, 9.17) is 0 Å². The van der Waals surface area contributed by atoms with Crippen LogP contribution in [0.5, 0.6) is 0 Å². The van der Waals surface area contributed by atoms with E-state index in [1.807, 2.05) is 24.3 Å². The number of amides is 3. The number of carbonyl (C=O) groups is 3. The summed E-state index contributed by atoms with van der Waals surface area (Å²) in [5.74, 6) is -0.966. The van der Waals surface area contributed by atoms with E-state index < -0.39 is 6.04 Å². The number of allylic oxidation sites excluding steroid dienone is 2. The molecule has 3 aromatic rings. The zero-order valence-corrected chi connectivity index (χ0v) is 19.7. The molecule has 3 amide bonds. The molecule has 2 bridgehead atoms. The van der Waals surface area contributed by atoms with E-state index >= 15 is 0 Å². The second-order valence-electron chi connectivity index (χ2n) is 9.13. The van der Waals surface area contributed by atoms with E-state index in [1.165, 1.54) is 4.90 Å². The summed E-state index contributed by atoms with van der Waals surface area (Å²) in [4.78, 5) is 50.0. The number of nitrogens with one attached hydrogen (secondary N) is 1. The number of fused-ring (bicyclic) bond motifs is 6. The fraction of sp³-hybridized carbons (Fsp3) is 0.269. The lowest BCUT2D eigenvalue weighted by molar-refractivity contribution is -0.144. The van der Waals surface area contributed by atoms with Crippen LogP contribution in [-0.2, 0) is 14.4 Å². The number of hydrogen-bond donors (Lipinski definition) is 1. The third-order valence-corrected chi connectivity index (χ3v) is 7.73. The minimum absolute atomic E-state index is 0.0280. The van der Waals surface area contributed by atoms with Crippen LogP contribution >= 0.6 is 15.9 Å². The molecule has 1 saturated heterocycles. The number of nitrogens with zero attached hydrogens (tertiary/aromatic N) is 3. The number of aromatic nitrogens is 2. The first kappa shape index (κ1) is 21.2. The van der Waals surface area contributed by atoms with Crippen molar-refractivity contribution in [3.8, 4) is 0 Å². The van der Waals surface area contributed by atoms with Gasteiger partial charge in [-0.3, -0.25) is 29.3 Å². The van der Waals surface area contributed by atoms with Crippen LogP contribution in [0.1, 0.15) is 24.4 Å². The summed E-state index contributed by atoms with van der Waals surface area (Å²) < 4.78 is 0.884. The molecule has 5 unspecified atom stereocenters. The normalized spacial score (nSPS) is 25.7. The van der Waals surface area contributed by atoms with Gasteiger partial charge in [-0.25, -0.2) is 0 Å². The first-order valence-corrected chi connectivity index (χ1v) is 12.1. The van der Waals surface area contributed by atoms with Gasteiger partial charge in [-0.2, -0.15) is 0 Å². The van der Waals surface area contributed by atoms with Gasteiger partial charge in [0.1, 0.15) is 0 Å². The van der Waals surface area contributed by atoms with Gasteiger partial charge >= 0.3 is 0 Å². The van der Waals surface area contributed by atoms with Gasteiger partial charge in [0, 0.05) is 22.6 Å². The summed E-state index contributed by atoms with van der Waals surface area (Å²) >= 11 is 3.43. The number of halogens is 1. The van der Waals surface area contributed by atoms with E-state index in [-0.39, 0.29) is 47.8 Å². The minimum atomic E-state index is -0.668. The number of rotatable bonds is 5. The highest BCUT2D eigenvalue weighted by atomic mass is 79.9. The van der Waals surface area contributed by atoms with Crippen molar-refractivity contribution in [2.45, 2.75) is 18.9 Å². The molecule has 0 spiro atoms. The van der Waals surface area contributed by atoms with Crippen LogP contribution in [0.2, 0.25) is 0 Å². The molecule has 2 aromatic carbocycles. The zero-order chi connectivity index (χ0) is 23.4. The van der Waals surface area contributed by atoms with E-state index in [1.54, 1.807) is 30.6 Å².